The molecular formula is C15H12FNO2S3. The maximum atomic E-state index is 14.2. The summed E-state index contributed by atoms with van der Waals surface area (Å²) in [5.74, 6) is -0.209. The highest BCUT2D eigenvalue weighted by molar-refractivity contribution is 8.00. The van der Waals surface area contributed by atoms with Gasteiger partial charge in [0.25, 0.3) is 0 Å². The maximum absolute atomic E-state index is 14.2. The van der Waals surface area contributed by atoms with E-state index in [1.807, 2.05) is 11.4 Å². The number of halogens is 1. The molecule has 0 aliphatic rings. The molecule has 2 aromatic heterocycles. The van der Waals surface area contributed by atoms with Gasteiger partial charge in [-0.15, -0.1) is 22.7 Å². The Kier molecular flexibility index (Phi) is 4.75. The number of benzene rings is 1. The van der Waals surface area contributed by atoms with Crippen molar-refractivity contribution in [2.45, 2.75) is 17.0 Å². The number of thioether (sulfide) groups is 1. The van der Waals surface area contributed by atoms with Crippen LogP contribution in [-0.2, 0) is 10.5 Å². The summed E-state index contributed by atoms with van der Waals surface area (Å²) in [5.41, 5.74) is 0.691. The highest BCUT2D eigenvalue weighted by Crippen LogP contribution is 2.37. The largest absolute Gasteiger partial charge is 0.462 e. The second-order valence-electron chi connectivity index (χ2n) is 4.33. The molecule has 0 fully saturated rings. The Labute approximate surface area is 139 Å². The van der Waals surface area contributed by atoms with Gasteiger partial charge in [-0.25, -0.2) is 14.2 Å². The summed E-state index contributed by atoms with van der Waals surface area (Å²) in [6.45, 7) is 2.06. The third-order valence-corrected chi connectivity index (χ3v) is 6.14. The maximum Gasteiger partial charge on any atom is 0.348 e. The topological polar surface area (TPSA) is 39.2 Å². The lowest BCUT2D eigenvalue weighted by Gasteiger charge is -2.04. The third kappa shape index (κ3) is 3.02. The second-order valence-corrected chi connectivity index (χ2v) is 7.50. The number of carbonyl (C=O) groups excluding carboxylic acids is 1. The summed E-state index contributed by atoms with van der Waals surface area (Å²) in [7, 11) is 0. The minimum atomic E-state index is -0.391. The van der Waals surface area contributed by atoms with Gasteiger partial charge in [0.05, 0.1) is 6.61 Å². The van der Waals surface area contributed by atoms with Crippen LogP contribution in [0.2, 0.25) is 0 Å². The minimum absolute atomic E-state index is 0.300. The number of aromatic nitrogens is 1. The Hall–Kier alpha value is -1.44. The molecular weight excluding hydrogens is 341 g/mol. The Morgan fingerprint density at radius 1 is 1.45 bits per heavy atom. The smallest absolute Gasteiger partial charge is 0.348 e. The molecule has 0 saturated heterocycles. The van der Waals surface area contributed by atoms with E-state index in [0.29, 0.717) is 28.2 Å². The van der Waals surface area contributed by atoms with Gasteiger partial charge in [-0.3, -0.25) is 0 Å². The van der Waals surface area contributed by atoms with Gasteiger partial charge < -0.3 is 4.74 Å². The van der Waals surface area contributed by atoms with Crippen molar-refractivity contribution < 1.29 is 13.9 Å². The number of ether oxygens (including phenoxy) is 1. The fourth-order valence-electron chi connectivity index (χ4n) is 2.08. The molecule has 0 aliphatic carbocycles. The van der Waals surface area contributed by atoms with E-state index in [9.17, 15) is 9.18 Å². The quantitative estimate of drug-likeness (QED) is 0.480. The predicted molar refractivity (Wildman–Crippen MR) is 89.4 cm³/mol. The summed E-state index contributed by atoms with van der Waals surface area (Å²) >= 11 is 4.30. The zero-order valence-corrected chi connectivity index (χ0v) is 14.1. The molecule has 0 atom stereocenters. The molecule has 0 N–H and O–H groups in total. The Bertz CT molecular complexity index is 799. The predicted octanol–water partition coefficient (Wildman–Crippen LogP) is 4.97. The number of hydrogen-bond donors (Lipinski definition) is 0. The number of carbonyl (C=O) groups is 1. The number of thiazole rings is 1. The molecule has 0 aliphatic heterocycles. The van der Waals surface area contributed by atoms with Gasteiger partial charge in [0.15, 0.2) is 0 Å². The Morgan fingerprint density at radius 2 is 2.32 bits per heavy atom. The highest BCUT2D eigenvalue weighted by Gasteiger charge is 2.21. The molecule has 2 heterocycles. The van der Waals surface area contributed by atoms with Crippen LogP contribution < -0.4 is 0 Å². The van der Waals surface area contributed by atoms with E-state index in [4.69, 9.17) is 4.74 Å². The van der Waals surface area contributed by atoms with Gasteiger partial charge in [-0.1, -0.05) is 17.8 Å². The van der Waals surface area contributed by atoms with Gasteiger partial charge in [0.1, 0.15) is 15.0 Å². The molecule has 0 bridgehead atoms. The molecule has 0 radical (unpaired) electrons. The number of fused-ring (bicyclic) bond motifs is 1. The van der Waals surface area contributed by atoms with E-state index in [1.54, 1.807) is 19.2 Å². The molecule has 3 rings (SSSR count). The monoisotopic (exact) mass is 353 g/mol. The molecule has 1 aromatic carbocycles. The summed E-state index contributed by atoms with van der Waals surface area (Å²) in [6, 6.07) is 4.89. The van der Waals surface area contributed by atoms with Crippen molar-refractivity contribution in [3.63, 3.8) is 0 Å². The van der Waals surface area contributed by atoms with Crippen LogP contribution in [-0.4, -0.2) is 17.6 Å². The number of nitrogens with zero attached hydrogens (tertiary/aromatic N) is 1. The van der Waals surface area contributed by atoms with Crippen LogP contribution in [0.1, 0.15) is 22.2 Å². The lowest BCUT2D eigenvalue weighted by molar-refractivity contribution is 0.0531. The molecule has 114 valence electrons. The van der Waals surface area contributed by atoms with E-state index >= 15 is 0 Å². The molecule has 0 spiro atoms. The SMILES string of the molecule is CCOC(=O)c1sc2cccc(F)c2c1CSc1nccs1. The van der Waals surface area contributed by atoms with E-state index < -0.39 is 5.97 Å². The lowest BCUT2D eigenvalue weighted by atomic mass is 10.1. The number of thiophene rings is 1. The van der Waals surface area contributed by atoms with Gasteiger partial charge in [-0.2, -0.15) is 0 Å². The van der Waals surface area contributed by atoms with Crippen LogP contribution in [0.5, 0.6) is 0 Å². The van der Waals surface area contributed by atoms with Crippen molar-refractivity contribution in [1.82, 2.24) is 4.98 Å². The average molecular weight is 353 g/mol. The van der Waals surface area contributed by atoms with Crippen LogP contribution >= 0.6 is 34.4 Å². The van der Waals surface area contributed by atoms with Gasteiger partial charge in [-0.05, 0) is 24.6 Å². The molecule has 22 heavy (non-hydrogen) atoms. The average Bonchev–Trinajstić information content (AvgIpc) is 3.13. The molecule has 0 saturated carbocycles. The van der Waals surface area contributed by atoms with Crippen molar-refractivity contribution in [1.29, 1.82) is 0 Å². The Balaban J connectivity index is 2.03. The number of esters is 1. The summed E-state index contributed by atoms with van der Waals surface area (Å²) < 4.78 is 21.0. The van der Waals surface area contributed by atoms with Crippen LogP contribution in [0.4, 0.5) is 4.39 Å². The van der Waals surface area contributed by atoms with Crippen LogP contribution in [0.25, 0.3) is 10.1 Å². The number of rotatable bonds is 5. The number of hydrogen-bond acceptors (Lipinski definition) is 6. The van der Waals surface area contributed by atoms with Crippen molar-refractivity contribution >= 4 is 50.5 Å². The van der Waals surface area contributed by atoms with E-state index in [-0.39, 0.29) is 5.82 Å². The van der Waals surface area contributed by atoms with Crippen molar-refractivity contribution in [2.75, 3.05) is 6.61 Å². The first-order valence-corrected chi connectivity index (χ1v) is 9.28. The van der Waals surface area contributed by atoms with Gasteiger partial charge >= 0.3 is 5.97 Å². The second kappa shape index (κ2) is 6.76. The lowest BCUT2D eigenvalue weighted by Crippen LogP contribution is -2.04. The third-order valence-electron chi connectivity index (χ3n) is 2.97. The summed E-state index contributed by atoms with van der Waals surface area (Å²) in [5, 5.41) is 2.40. The Morgan fingerprint density at radius 3 is 3.05 bits per heavy atom. The van der Waals surface area contributed by atoms with Crippen LogP contribution in [0.15, 0.2) is 34.1 Å². The van der Waals surface area contributed by atoms with Crippen molar-refractivity contribution in [3.8, 4) is 0 Å². The van der Waals surface area contributed by atoms with Gasteiger partial charge in [0, 0.05) is 27.4 Å². The first kappa shape index (κ1) is 15.5. The molecule has 0 amide bonds. The van der Waals surface area contributed by atoms with E-state index in [0.717, 1.165) is 9.04 Å². The fourth-order valence-corrected chi connectivity index (χ4v) is 4.97. The fraction of sp³-hybridized carbons (Fsp3) is 0.200. The first-order chi connectivity index (χ1) is 10.7. The van der Waals surface area contributed by atoms with Crippen molar-refractivity contribution in [2.24, 2.45) is 0 Å². The highest BCUT2D eigenvalue weighted by atomic mass is 32.2. The van der Waals surface area contributed by atoms with E-state index in [2.05, 4.69) is 4.98 Å². The molecule has 3 aromatic rings. The molecule has 7 heteroatoms. The van der Waals surface area contributed by atoms with Crippen LogP contribution in [0, 0.1) is 5.82 Å². The van der Waals surface area contributed by atoms with E-state index in [1.165, 1.54) is 40.5 Å². The first-order valence-electron chi connectivity index (χ1n) is 6.60. The van der Waals surface area contributed by atoms with Crippen molar-refractivity contribution in [3.05, 3.63) is 46.0 Å². The standard InChI is InChI=1S/C15H12FNO2S3/c1-2-19-14(18)13-9(8-21-15-17-6-7-20-15)12-10(16)4-3-5-11(12)22-13/h3-7H,2,8H2,1H3. The summed E-state index contributed by atoms with van der Waals surface area (Å²) in [4.78, 5) is 16.8. The normalized spacial score (nSPS) is 11.0. The van der Waals surface area contributed by atoms with Gasteiger partial charge in [0.2, 0.25) is 0 Å². The molecule has 0 unspecified atom stereocenters. The minimum Gasteiger partial charge on any atom is -0.462 e. The molecule has 3 nitrogen and oxygen atoms in total. The van der Waals surface area contributed by atoms with Crippen LogP contribution in [0.3, 0.4) is 0 Å². The summed E-state index contributed by atoms with van der Waals surface area (Å²) in [6.07, 6.45) is 1.73. The zero-order valence-electron chi connectivity index (χ0n) is 11.7. The zero-order chi connectivity index (χ0) is 15.5.